The van der Waals surface area contributed by atoms with Gasteiger partial charge in [-0.2, -0.15) is 0 Å². The third-order valence-electron chi connectivity index (χ3n) is 1.78. The normalized spacial score (nSPS) is 9.60. The van der Waals surface area contributed by atoms with Crippen LogP contribution in [0.4, 0.5) is 0 Å². The van der Waals surface area contributed by atoms with Gasteiger partial charge < -0.3 is 10.1 Å². The monoisotopic (exact) mass is 207 g/mol. The molecule has 0 atom stereocenters. The zero-order valence-corrected chi connectivity index (χ0v) is 8.56. The number of methoxy groups -OCH3 is 1. The molecule has 0 bridgehead atoms. The highest BCUT2D eigenvalue weighted by molar-refractivity contribution is 5.05. The van der Waals surface area contributed by atoms with Crippen LogP contribution in [0.25, 0.3) is 0 Å². The van der Waals surface area contributed by atoms with E-state index in [1.807, 2.05) is 0 Å². The quantitative estimate of drug-likeness (QED) is 0.521. The van der Waals surface area contributed by atoms with Crippen molar-refractivity contribution in [1.82, 2.24) is 15.1 Å². The highest BCUT2D eigenvalue weighted by Crippen LogP contribution is 1.98. The number of terminal acetylenes is 1. The second-order valence-corrected chi connectivity index (χ2v) is 2.82. The standard InChI is InChI=1S/C10H13N3O2/c1-3-6-11-7-8-13-10(14)5-4-9(12-13)15-2/h1,4-5,11H,6-8H2,2H3. The first-order valence-electron chi connectivity index (χ1n) is 4.54. The van der Waals surface area contributed by atoms with Crippen LogP contribution in [0.5, 0.6) is 5.88 Å². The third kappa shape index (κ3) is 3.44. The van der Waals surface area contributed by atoms with Gasteiger partial charge in [-0.3, -0.25) is 4.79 Å². The van der Waals surface area contributed by atoms with Gasteiger partial charge in [0.25, 0.3) is 5.56 Å². The van der Waals surface area contributed by atoms with Crippen molar-refractivity contribution in [2.45, 2.75) is 6.54 Å². The maximum atomic E-state index is 11.3. The molecule has 0 unspecified atom stereocenters. The summed E-state index contributed by atoms with van der Waals surface area (Å²) in [6, 6.07) is 2.96. The first-order chi connectivity index (χ1) is 7.27. The number of hydrogen-bond acceptors (Lipinski definition) is 4. The first kappa shape index (κ1) is 11.3. The van der Waals surface area contributed by atoms with Crippen LogP contribution in [0.3, 0.4) is 0 Å². The lowest BCUT2D eigenvalue weighted by molar-refractivity contribution is 0.374. The molecule has 80 valence electrons. The summed E-state index contributed by atoms with van der Waals surface area (Å²) < 4.78 is 6.25. The van der Waals surface area contributed by atoms with E-state index in [2.05, 4.69) is 16.3 Å². The van der Waals surface area contributed by atoms with Crippen molar-refractivity contribution in [2.24, 2.45) is 0 Å². The Hall–Kier alpha value is -1.80. The molecule has 1 N–H and O–H groups in total. The van der Waals surface area contributed by atoms with E-state index in [4.69, 9.17) is 11.2 Å². The van der Waals surface area contributed by atoms with Crippen LogP contribution in [-0.4, -0.2) is 30.0 Å². The zero-order valence-electron chi connectivity index (χ0n) is 8.56. The highest BCUT2D eigenvalue weighted by atomic mass is 16.5. The number of ether oxygens (including phenoxy) is 1. The molecule has 0 spiro atoms. The largest absolute Gasteiger partial charge is 0.480 e. The van der Waals surface area contributed by atoms with Gasteiger partial charge in [0.05, 0.1) is 20.2 Å². The van der Waals surface area contributed by atoms with Gasteiger partial charge >= 0.3 is 0 Å². The van der Waals surface area contributed by atoms with Gasteiger partial charge in [-0.25, -0.2) is 4.68 Å². The first-order valence-corrected chi connectivity index (χ1v) is 4.54. The number of hydrogen-bond donors (Lipinski definition) is 1. The summed E-state index contributed by atoms with van der Waals surface area (Å²) in [6.45, 7) is 1.56. The van der Waals surface area contributed by atoms with E-state index in [-0.39, 0.29) is 5.56 Å². The van der Waals surface area contributed by atoms with Gasteiger partial charge in [0.2, 0.25) is 5.88 Å². The van der Waals surface area contributed by atoms with Gasteiger partial charge in [-0.1, -0.05) is 5.92 Å². The van der Waals surface area contributed by atoms with Crippen LogP contribution in [0.15, 0.2) is 16.9 Å². The fourth-order valence-electron chi connectivity index (χ4n) is 1.04. The molecule has 1 aromatic rings. The van der Waals surface area contributed by atoms with Crippen molar-refractivity contribution >= 4 is 0 Å². The molecule has 0 aromatic carbocycles. The van der Waals surface area contributed by atoms with Crippen molar-refractivity contribution in [3.63, 3.8) is 0 Å². The second kappa shape index (κ2) is 5.83. The molecule has 1 rings (SSSR count). The molecular weight excluding hydrogens is 194 g/mol. The Balaban J connectivity index is 2.60. The average molecular weight is 207 g/mol. The van der Waals surface area contributed by atoms with Crippen molar-refractivity contribution in [2.75, 3.05) is 20.2 Å². The lowest BCUT2D eigenvalue weighted by atomic mass is 10.5. The smallest absolute Gasteiger partial charge is 0.267 e. The van der Waals surface area contributed by atoms with Crippen LogP contribution in [0, 0.1) is 12.3 Å². The number of nitrogens with one attached hydrogen (secondary N) is 1. The Morgan fingerprint density at radius 3 is 3.13 bits per heavy atom. The van der Waals surface area contributed by atoms with Gasteiger partial charge in [0.15, 0.2) is 0 Å². The molecule has 1 heterocycles. The van der Waals surface area contributed by atoms with Crippen molar-refractivity contribution < 1.29 is 4.74 Å². The fourth-order valence-corrected chi connectivity index (χ4v) is 1.04. The van der Waals surface area contributed by atoms with Gasteiger partial charge in [0.1, 0.15) is 0 Å². The lowest BCUT2D eigenvalue weighted by Crippen LogP contribution is -2.28. The predicted octanol–water partition coefficient (Wildman–Crippen LogP) is -0.525. The van der Waals surface area contributed by atoms with Crippen molar-refractivity contribution in [3.8, 4) is 18.2 Å². The van der Waals surface area contributed by atoms with Crippen LogP contribution in [0.1, 0.15) is 0 Å². The van der Waals surface area contributed by atoms with E-state index in [1.165, 1.54) is 23.9 Å². The summed E-state index contributed by atoms with van der Waals surface area (Å²) in [6.07, 6.45) is 5.07. The molecule has 0 saturated carbocycles. The second-order valence-electron chi connectivity index (χ2n) is 2.82. The molecule has 5 nitrogen and oxygen atoms in total. The number of aromatic nitrogens is 2. The summed E-state index contributed by atoms with van der Waals surface area (Å²) in [5, 5.41) is 6.95. The fraction of sp³-hybridized carbons (Fsp3) is 0.400. The van der Waals surface area contributed by atoms with Gasteiger partial charge in [-0.15, -0.1) is 11.5 Å². The summed E-state index contributed by atoms with van der Waals surface area (Å²) in [5.41, 5.74) is -0.154. The van der Waals surface area contributed by atoms with Crippen molar-refractivity contribution in [1.29, 1.82) is 0 Å². The summed E-state index contributed by atoms with van der Waals surface area (Å²) in [7, 11) is 1.51. The number of nitrogens with zero attached hydrogens (tertiary/aromatic N) is 2. The van der Waals surface area contributed by atoms with E-state index in [0.29, 0.717) is 25.5 Å². The minimum Gasteiger partial charge on any atom is -0.480 e. The highest BCUT2D eigenvalue weighted by Gasteiger charge is 1.99. The molecule has 0 fully saturated rings. The Morgan fingerprint density at radius 2 is 2.47 bits per heavy atom. The Labute approximate surface area is 88.1 Å². The summed E-state index contributed by atoms with van der Waals surface area (Å²) >= 11 is 0. The van der Waals surface area contributed by atoms with Crippen LogP contribution < -0.4 is 15.6 Å². The maximum absolute atomic E-state index is 11.3. The van der Waals surface area contributed by atoms with E-state index >= 15 is 0 Å². The SMILES string of the molecule is C#CCNCCn1nc(OC)ccc1=O. The Kier molecular flexibility index (Phi) is 4.38. The minimum absolute atomic E-state index is 0.154. The predicted molar refractivity (Wildman–Crippen MR) is 56.8 cm³/mol. The third-order valence-corrected chi connectivity index (χ3v) is 1.78. The number of rotatable bonds is 5. The molecular formula is C10H13N3O2. The maximum Gasteiger partial charge on any atom is 0.267 e. The topological polar surface area (TPSA) is 56.1 Å². The minimum atomic E-state index is -0.154. The van der Waals surface area contributed by atoms with Crippen molar-refractivity contribution in [3.05, 3.63) is 22.5 Å². The zero-order chi connectivity index (χ0) is 11.1. The van der Waals surface area contributed by atoms with Crippen LogP contribution >= 0.6 is 0 Å². The van der Waals surface area contributed by atoms with E-state index in [9.17, 15) is 4.79 Å². The van der Waals surface area contributed by atoms with E-state index in [1.54, 1.807) is 0 Å². The molecule has 0 aliphatic rings. The van der Waals surface area contributed by atoms with Crippen LogP contribution in [0.2, 0.25) is 0 Å². The van der Waals surface area contributed by atoms with Gasteiger partial charge in [-0.05, 0) is 0 Å². The molecule has 5 heteroatoms. The lowest BCUT2D eigenvalue weighted by Gasteiger charge is -2.05. The summed E-state index contributed by atoms with van der Waals surface area (Å²) in [5.74, 6) is 2.87. The average Bonchev–Trinajstić information content (AvgIpc) is 2.26. The molecule has 1 aromatic heterocycles. The Bertz CT molecular complexity index is 406. The molecule has 0 aliphatic heterocycles. The molecule has 0 radical (unpaired) electrons. The Morgan fingerprint density at radius 1 is 1.67 bits per heavy atom. The molecule has 0 aliphatic carbocycles. The van der Waals surface area contributed by atoms with Crippen LogP contribution in [-0.2, 0) is 6.54 Å². The molecule has 0 saturated heterocycles. The van der Waals surface area contributed by atoms with E-state index in [0.717, 1.165) is 0 Å². The van der Waals surface area contributed by atoms with E-state index < -0.39 is 0 Å². The molecule has 15 heavy (non-hydrogen) atoms. The molecule has 0 amide bonds. The van der Waals surface area contributed by atoms with Gasteiger partial charge in [0, 0.05) is 18.7 Å². The summed E-state index contributed by atoms with van der Waals surface area (Å²) in [4.78, 5) is 11.3.